The third kappa shape index (κ3) is 3.61. The fourth-order valence-corrected chi connectivity index (χ4v) is 2.52. The van der Waals surface area contributed by atoms with Crippen molar-refractivity contribution in [1.82, 2.24) is 5.32 Å². The van der Waals surface area contributed by atoms with Crippen LogP contribution >= 0.6 is 0 Å². The summed E-state index contributed by atoms with van der Waals surface area (Å²) in [5.74, 6) is -0.271. The molecule has 3 N–H and O–H groups in total. The zero-order valence-electron chi connectivity index (χ0n) is 10.6. The fraction of sp³-hybridized carbons (Fsp3) is 0.909. The van der Waals surface area contributed by atoms with E-state index in [1.165, 1.54) is 0 Å². The Bertz CT molecular complexity index is 335. The predicted molar refractivity (Wildman–Crippen MR) is 66.2 cm³/mol. The first kappa shape index (κ1) is 13.8. The van der Waals surface area contributed by atoms with Gasteiger partial charge in [-0.25, -0.2) is 0 Å². The van der Waals surface area contributed by atoms with E-state index in [2.05, 4.69) is 29.2 Å². The van der Waals surface area contributed by atoms with Crippen LogP contribution in [0.2, 0.25) is 0 Å². The van der Waals surface area contributed by atoms with Crippen LogP contribution in [0.15, 0.2) is 5.11 Å². The Balaban J connectivity index is 2.50. The summed E-state index contributed by atoms with van der Waals surface area (Å²) in [6, 6.07) is 0. The molecule has 6 nitrogen and oxygen atoms in total. The van der Waals surface area contributed by atoms with Crippen LogP contribution in [0.3, 0.4) is 0 Å². The quantitative estimate of drug-likeness (QED) is 0.319. The minimum Gasteiger partial charge on any atom is -0.368 e. The number of nitrogens with one attached hydrogen (secondary N) is 1. The lowest BCUT2D eigenvalue weighted by molar-refractivity contribution is -0.124. The van der Waals surface area contributed by atoms with Crippen LogP contribution in [0.25, 0.3) is 10.4 Å². The van der Waals surface area contributed by atoms with E-state index in [1.807, 2.05) is 0 Å². The molecule has 1 aliphatic carbocycles. The van der Waals surface area contributed by atoms with Crippen molar-refractivity contribution in [2.45, 2.75) is 45.1 Å². The molecular formula is C11H21N5O. The summed E-state index contributed by atoms with van der Waals surface area (Å²) in [5, 5.41) is 6.71. The standard InChI is InChI=1S/C11H21N5O/c1-10(2)4-5-11(8-10,9(12)17)14-6-3-7-15-16-13/h14H,3-8H2,1-2H3,(H2,12,17). The van der Waals surface area contributed by atoms with Crippen molar-refractivity contribution in [3.63, 3.8) is 0 Å². The molecule has 1 fully saturated rings. The summed E-state index contributed by atoms with van der Waals surface area (Å²) in [7, 11) is 0. The Kier molecular flexibility index (Phi) is 4.37. The van der Waals surface area contributed by atoms with Crippen molar-refractivity contribution in [3.05, 3.63) is 10.4 Å². The minimum absolute atomic E-state index is 0.160. The van der Waals surface area contributed by atoms with Gasteiger partial charge in [-0.1, -0.05) is 19.0 Å². The van der Waals surface area contributed by atoms with Gasteiger partial charge in [-0.3, -0.25) is 4.79 Å². The highest BCUT2D eigenvalue weighted by Gasteiger charge is 2.46. The molecule has 1 amide bonds. The van der Waals surface area contributed by atoms with Crippen molar-refractivity contribution in [2.75, 3.05) is 13.1 Å². The molecular weight excluding hydrogens is 218 g/mol. The Hall–Kier alpha value is -1.26. The molecule has 0 radical (unpaired) electrons. The molecule has 1 aliphatic rings. The zero-order chi connectivity index (χ0) is 12.9. The smallest absolute Gasteiger partial charge is 0.237 e. The molecule has 6 heteroatoms. The molecule has 0 aromatic heterocycles. The van der Waals surface area contributed by atoms with Crippen molar-refractivity contribution in [2.24, 2.45) is 16.3 Å². The largest absolute Gasteiger partial charge is 0.368 e. The number of azide groups is 1. The average Bonchev–Trinajstić information content (AvgIpc) is 2.55. The average molecular weight is 239 g/mol. The number of rotatable bonds is 6. The second kappa shape index (κ2) is 5.38. The third-order valence-corrected chi connectivity index (χ3v) is 3.44. The van der Waals surface area contributed by atoms with Crippen LogP contribution in [0, 0.1) is 5.41 Å². The molecule has 0 heterocycles. The van der Waals surface area contributed by atoms with Gasteiger partial charge in [0.1, 0.15) is 0 Å². The van der Waals surface area contributed by atoms with Crippen molar-refractivity contribution in [1.29, 1.82) is 0 Å². The van der Waals surface area contributed by atoms with Gasteiger partial charge in [0.05, 0.1) is 5.54 Å². The highest BCUT2D eigenvalue weighted by atomic mass is 16.1. The summed E-state index contributed by atoms with van der Waals surface area (Å²) in [6.07, 6.45) is 3.28. The van der Waals surface area contributed by atoms with Crippen molar-refractivity contribution < 1.29 is 4.79 Å². The first-order valence-corrected chi connectivity index (χ1v) is 5.98. The van der Waals surface area contributed by atoms with Gasteiger partial charge in [0, 0.05) is 11.5 Å². The highest BCUT2D eigenvalue weighted by molar-refractivity contribution is 5.85. The number of nitrogens with zero attached hydrogens (tertiary/aromatic N) is 3. The zero-order valence-corrected chi connectivity index (χ0v) is 10.6. The van der Waals surface area contributed by atoms with Crippen LogP contribution in [0.4, 0.5) is 0 Å². The number of hydrogen-bond acceptors (Lipinski definition) is 3. The van der Waals surface area contributed by atoms with Gasteiger partial charge >= 0.3 is 0 Å². The van der Waals surface area contributed by atoms with E-state index >= 15 is 0 Å². The normalized spacial score (nSPS) is 26.5. The molecule has 17 heavy (non-hydrogen) atoms. The first-order chi connectivity index (χ1) is 7.92. The van der Waals surface area contributed by atoms with Crippen LogP contribution in [-0.4, -0.2) is 24.5 Å². The molecule has 0 saturated heterocycles. The Labute approximate surface area is 102 Å². The van der Waals surface area contributed by atoms with Crippen LogP contribution in [0.5, 0.6) is 0 Å². The number of primary amides is 1. The summed E-state index contributed by atoms with van der Waals surface area (Å²) >= 11 is 0. The molecule has 96 valence electrons. The maximum Gasteiger partial charge on any atom is 0.237 e. The van der Waals surface area contributed by atoms with Crippen molar-refractivity contribution in [3.8, 4) is 0 Å². The highest BCUT2D eigenvalue weighted by Crippen LogP contribution is 2.43. The molecule has 0 bridgehead atoms. The summed E-state index contributed by atoms with van der Waals surface area (Å²) in [6.45, 7) is 5.40. The summed E-state index contributed by atoms with van der Waals surface area (Å²) < 4.78 is 0. The molecule has 1 atom stereocenters. The Morgan fingerprint density at radius 3 is 2.71 bits per heavy atom. The molecule has 0 spiro atoms. The molecule has 0 aliphatic heterocycles. The molecule has 1 rings (SSSR count). The predicted octanol–water partition coefficient (Wildman–Crippen LogP) is 1.71. The van der Waals surface area contributed by atoms with Gasteiger partial charge in [-0.15, -0.1) is 0 Å². The first-order valence-electron chi connectivity index (χ1n) is 5.98. The number of hydrogen-bond donors (Lipinski definition) is 2. The minimum atomic E-state index is -0.570. The number of carbonyl (C=O) groups excluding carboxylic acids is 1. The van der Waals surface area contributed by atoms with E-state index in [0.717, 1.165) is 25.7 Å². The van der Waals surface area contributed by atoms with Crippen LogP contribution in [-0.2, 0) is 4.79 Å². The lowest BCUT2D eigenvalue weighted by Gasteiger charge is -2.29. The lowest BCUT2D eigenvalue weighted by atomic mass is 9.87. The van der Waals surface area contributed by atoms with Crippen molar-refractivity contribution >= 4 is 5.91 Å². The summed E-state index contributed by atoms with van der Waals surface area (Å²) in [5.41, 5.74) is 13.2. The van der Waals surface area contributed by atoms with Gasteiger partial charge in [-0.2, -0.15) is 0 Å². The maximum absolute atomic E-state index is 11.6. The van der Waals surface area contributed by atoms with E-state index < -0.39 is 5.54 Å². The molecule has 1 saturated carbocycles. The van der Waals surface area contributed by atoms with Gasteiger partial charge in [0.25, 0.3) is 0 Å². The Morgan fingerprint density at radius 1 is 1.53 bits per heavy atom. The fourth-order valence-electron chi connectivity index (χ4n) is 2.52. The van der Waals surface area contributed by atoms with E-state index in [0.29, 0.717) is 13.1 Å². The van der Waals surface area contributed by atoms with E-state index in [9.17, 15) is 4.79 Å². The number of carbonyl (C=O) groups is 1. The monoisotopic (exact) mass is 239 g/mol. The van der Waals surface area contributed by atoms with Gasteiger partial charge in [0.15, 0.2) is 0 Å². The van der Waals surface area contributed by atoms with Gasteiger partial charge in [0.2, 0.25) is 5.91 Å². The molecule has 1 unspecified atom stereocenters. The van der Waals surface area contributed by atoms with E-state index in [4.69, 9.17) is 11.3 Å². The van der Waals surface area contributed by atoms with Crippen LogP contribution < -0.4 is 11.1 Å². The van der Waals surface area contributed by atoms with Crippen LogP contribution in [0.1, 0.15) is 39.5 Å². The topological polar surface area (TPSA) is 104 Å². The number of amides is 1. The van der Waals surface area contributed by atoms with E-state index in [-0.39, 0.29) is 11.3 Å². The van der Waals surface area contributed by atoms with Gasteiger partial charge < -0.3 is 11.1 Å². The third-order valence-electron chi connectivity index (χ3n) is 3.44. The lowest BCUT2D eigenvalue weighted by Crippen LogP contribution is -2.54. The summed E-state index contributed by atoms with van der Waals surface area (Å²) in [4.78, 5) is 14.3. The number of nitrogens with two attached hydrogens (primary N) is 1. The maximum atomic E-state index is 11.6. The molecule has 0 aromatic carbocycles. The van der Waals surface area contributed by atoms with E-state index in [1.54, 1.807) is 0 Å². The Morgan fingerprint density at radius 2 is 2.24 bits per heavy atom. The van der Waals surface area contributed by atoms with Gasteiger partial charge in [-0.05, 0) is 43.2 Å². The second-order valence-corrected chi connectivity index (χ2v) is 5.52. The second-order valence-electron chi connectivity index (χ2n) is 5.52. The molecule has 0 aromatic rings. The SMILES string of the molecule is CC1(C)CCC(NCCCN=[N+]=[N-])(C(N)=O)C1.